The van der Waals surface area contributed by atoms with Crippen molar-refractivity contribution in [1.29, 1.82) is 0 Å². The van der Waals surface area contributed by atoms with Gasteiger partial charge < -0.3 is 4.74 Å². The SMILES string of the molecule is Cc1ccc(S(=O)(=O)NCCC(=O)OCN2C(=O)c3ccccc3C2=O)cc1. The zero-order valence-corrected chi connectivity index (χ0v) is 15.9. The third-order valence-corrected chi connectivity index (χ3v) is 5.66. The van der Waals surface area contributed by atoms with Crippen LogP contribution in [0, 0.1) is 6.92 Å². The van der Waals surface area contributed by atoms with Crippen molar-refractivity contribution in [2.24, 2.45) is 0 Å². The summed E-state index contributed by atoms with van der Waals surface area (Å²) in [7, 11) is -3.73. The molecular weight excluding hydrogens is 384 g/mol. The van der Waals surface area contributed by atoms with E-state index in [4.69, 9.17) is 4.74 Å². The number of hydrogen-bond donors (Lipinski definition) is 1. The van der Waals surface area contributed by atoms with Gasteiger partial charge in [0.05, 0.1) is 22.4 Å². The molecule has 0 bridgehead atoms. The highest BCUT2D eigenvalue weighted by molar-refractivity contribution is 7.89. The highest BCUT2D eigenvalue weighted by atomic mass is 32.2. The van der Waals surface area contributed by atoms with Crippen LogP contribution >= 0.6 is 0 Å². The number of esters is 1. The lowest BCUT2D eigenvalue weighted by atomic mass is 10.1. The number of rotatable bonds is 7. The summed E-state index contributed by atoms with van der Waals surface area (Å²) in [5.41, 5.74) is 1.44. The molecule has 0 atom stereocenters. The number of fused-ring (bicyclic) bond motifs is 1. The van der Waals surface area contributed by atoms with Crippen LogP contribution in [0.15, 0.2) is 53.4 Å². The first-order valence-corrected chi connectivity index (χ1v) is 9.95. The normalized spacial score (nSPS) is 13.5. The maximum absolute atomic E-state index is 12.2. The molecule has 1 heterocycles. The predicted molar refractivity (Wildman–Crippen MR) is 98.9 cm³/mol. The first-order chi connectivity index (χ1) is 13.3. The zero-order valence-electron chi connectivity index (χ0n) is 15.0. The van der Waals surface area contributed by atoms with Crippen molar-refractivity contribution in [2.75, 3.05) is 13.3 Å². The number of carbonyl (C=O) groups is 3. The van der Waals surface area contributed by atoms with Crippen LogP contribution in [-0.4, -0.2) is 44.4 Å². The third kappa shape index (κ3) is 4.10. The monoisotopic (exact) mass is 402 g/mol. The van der Waals surface area contributed by atoms with E-state index in [9.17, 15) is 22.8 Å². The molecule has 1 aliphatic heterocycles. The van der Waals surface area contributed by atoms with Crippen molar-refractivity contribution in [3.63, 3.8) is 0 Å². The highest BCUT2D eigenvalue weighted by Crippen LogP contribution is 2.22. The average Bonchev–Trinajstić information content (AvgIpc) is 2.91. The van der Waals surface area contributed by atoms with E-state index in [1.54, 1.807) is 24.3 Å². The van der Waals surface area contributed by atoms with Gasteiger partial charge in [0.25, 0.3) is 11.8 Å². The molecule has 0 radical (unpaired) electrons. The maximum Gasteiger partial charge on any atom is 0.308 e. The molecule has 0 fully saturated rings. The van der Waals surface area contributed by atoms with Crippen LogP contribution in [0.3, 0.4) is 0 Å². The minimum absolute atomic E-state index is 0.0949. The lowest BCUT2D eigenvalue weighted by Crippen LogP contribution is -2.34. The Hall–Kier alpha value is -3.04. The molecule has 2 aromatic rings. The van der Waals surface area contributed by atoms with Gasteiger partial charge in [0.15, 0.2) is 6.73 Å². The number of benzene rings is 2. The van der Waals surface area contributed by atoms with Gasteiger partial charge in [-0.2, -0.15) is 0 Å². The van der Waals surface area contributed by atoms with Crippen molar-refractivity contribution >= 4 is 27.8 Å². The summed E-state index contributed by atoms with van der Waals surface area (Å²) < 4.78 is 31.5. The van der Waals surface area contributed by atoms with Crippen LogP contribution in [-0.2, 0) is 19.6 Å². The van der Waals surface area contributed by atoms with Gasteiger partial charge in [-0.3, -0.25) is 14.4 Å². The summed E-state index contributed by atoms with van der Waals surface area (Å²) in [6.07, 6.45) is -0.242. The van der Waals surface area contributed by atoms with E-state index in [-0.39, 0.29) is 29.0 Å². The Bertz CT molecular complexity index is 996. The molecule has 8 nitrogen and oxygen atoms in total. The van der Waals surface area contributed by atoms with Gasteiger partial charge in [-0.15, -0.1) is 0 Å². The molecule has 3 rings (SSSR count). The number of nitrogens with one attached hydrogen (secondary N) is 1. The number of aryl methyl sites for hydroxylation is 1. The fraction of sp³-hybridized carbons (Fsp3) is 0.211. The average molecular weight is 402 g/mol. The molecule has 2 aromatic carbocycles. The number of ether oxygens (including phenoxy) is 1. The number of nitrogens with zero attached hydrogens (tertiary/aromatic N) is 1. The second-order valence-electron chi connectivity index (χ2n) is 6.19. The van der Waals surface area contributed by atoms with Crippen LogP contribution in [0.1, 0.15) is 32.7 Å². The van der Waals surface area contributed by atoms with E-state index in [0.29, 0.717) is 0 Å². The predicted octanol–water partition coefficient (Wildman–Crippen LogP) is 1.46. The quantitative estimate of drug-likeness (QED) is 0.555. The molecule has 0 aromatic heterocycles. The van der Waals surface area contributed by atoms with Crippen molar-refractivity contribution < 1.29 is 27.5 Å². The second kappa shape index (κ2) is 7.91. The van der Waals surface area contributed by atoms with E-state index in [2.05, 4.69) is 4.72 Å². The molecule has 1 aliphatic rings. The number of hydrogen-bond acceptors (Lipinski definition) is 6. The van der Waals surface area contributed by atoms with Crippen molar-refractivity contribution in [3.8, 4) is 0 Å². The van der Waals surface area contributed by atoms with Crippen LogP contribution in [0.25, 0.3) is 0 Å². The van der Waals surface area contributed by atoms with E-state index >= 15 is 0 Å². The minimum atomic E-state index is -3.73. The van der Waals surface area contributed by atoms with E-state index < -0.39 is 34.5 Å². The smallest absolute Gasteiger partial charge is 0.308 e. The maximum atomic E-state index is 12.2. The van der Waals surface area contributed by atoms with Crippen molar-refractivity contribution in [3.05, 3.63) is 65.2 Å². The topological polar surface area (TPSA) is 110 Å². The van der Waals surface area contributed by atoms with Crippen LogP contribution in [0.4, 0.5) is 0 Å². The Labute approximate surface area is 162 Å². The molecule has 9 heteroatoms. The molecule has 0 unspecified atom stereocenters. The number of amides is 2. The summed E-state index contributed by atoms with van der Waals surface area (Å²) in [6.45, 7) is 1.15. The second-order valence-corrected chi connectivity index (χ2v) is 7.96. The van der Waals surface area contributed by atoms with Crippen LogP contribution in [0.5, 0.6) is 0 Å². The first-order valence-electron chi connectivity index (χ1n) is 8.47. The lowest BCUT2D eigenvalue weighted by Gasteiger charge is -2.14. The molecular formula is C19H18N2O6S. The van der Waals surface area contributed by atoms with Gasteiger partial charge in [-0.25, -0.2) is 18.0 Å². The fourth-order valence-electron chi connectivity index (χ4n) is 2.65. The van der Waals surface area contributed by atoms with E-state index in [0.717, 1.165) is 10.5 Å². The Morgan fingerprint density at radius 1 is 1.00 bits per heavy atom. The molecule has 1 N–H and O–H groups in total. The molecule has 0 spiro atoms. The summed E-state index contributed by atoms with van der Waals surface area (Å²) in [5.74, 6) is -1.80. The fourth-order valence-corrected chi connectivity index (χ4v) is 3.69. The standard InChI is InChI=1S/C19H18N2O6S/c1-13-6-8-14(9-7-13)28(25,26)20-11-10-17(22)27-12-21-18(23)15-4-2-3-5-16(15)19(21)24/h2-9,20H,10-12H2,1H3. The van der Waals surface area contributed by atoms with Gasteiger partial charge in [0.1, 0.15) is 0 Å². The molecule has 146 valence electrons. The third-order valence-electron chi connectivity index (χ3n) is 4.19. The zero-order chi connectivity index (χ0) is 20.3. The summed E-state index contributed by atoms with van der Waals surface area (Å²) in [4.78, 5) is 37.1. The van der Waals surface area contributed by atoms with Crippen molar-refractivity contribution in [2.45, 2.75) is 18.2 Å². The van der Waals surface area contributed by atoms with Crippen LogP contribution < -0.4 is 4.72 Å². The Kier molecular flexibility index (Phi) is 5.57. The Morgan fingerprint density at radius 3 is 2.14 bits per heavy atom. The van der Waals surface area contributed by atoms with Gasteiger partial charge in [-0.05, 0) is 31.2 Å². The summed E-state index contributed by atoms with van der Waals surface area (Å²) >= 11 is 0. The lowest BCUT2D eigenvalue weighted by molar-refractivity contribution is -0.146. The van der Waals surface area contributed by atoms with Crippen molar-refractivity contribution in [1.82, 2.24) is 9.62 Å². The summed E-state index contributed by atoms with van der Waals surface area (Å²) in [6, 6.07) is 12.6. The van der Waals surface area contributed by atoms with Gasteiger partial charge in [-0.1, -0.05) is 29.8 Å². The Balaban J connectivity index is 1.49. The van der Waals surface area contributed by atoms with Crippen LogP contribution in [0.2, 0.25) is 0 Å². The van der Waals surface area contributed by atoms with E-state index in [1.807, 2.05) is 6.92 Å². The van der Waals surface area contributed by atoms with Gasteiger partial charge in [0.2, 0.25) is 10.0 Å². The molecule has 2 amide bonds. The molecule has 0 saturated carbocycles. The molecule has 0 saturated heterocycles. The first kappa shape index (κ1) is 19.7. The summed E-state index contributed by atoms with van der Waals surface area (Å²) in [5, 5.41) is 0. The van der Waals surface area contributed by atoms with Gasteiger partial charge in [0, 0.05) is 6.54 Å². The highest BCUT2D eigenvalue weighted by Gasteiger charge is 2.35. The molecule has 28 heavy (non-hydrogen) atoms. The molecule has 0 aliphatic carbocycles. The number of imide groups is 1. The number of sulfonamides is 1. The minimum Gasteiger partial charge on any atom is -0.444 e. The van der Waals surface area contributed by atoms with Gasteiger partial charge >= 0.3 is 5.97 Å². The Morgan fingerprint density at radius 2 is 1.57 bits per heavy atom. The number of carbonyl (C=O) groups excluding carboxylic acids is 3. The van der Waals surface area contributed by atoms with E-state index in [1.165, 1.54) is 24.3 Å². The largest absolute Gasteiger partial charge is 0.444 e.